The predicted molar refractivity (Wildman–Crippen MR) is 118 cm³/mol. The minimum atomic E-state index is -1.15. The van der Waals surface area contributed by atoms with Crippen molar-refractivity contribution in [2.75, 3.05) is 6.54 Å². The van der Waals surface area contributed by atoms with E-state index in [0.717, 1.165) is 5.56 Å². The first-order chi connectivity index (χ1) is 14.4. The van der Waals surface area contributed by atoms with Crippen LogP contribution in [0.3, 0.4) is 0 Å². The average molecular weight is 453 g/mol. The van der Waals surface area contributed by atoms with E-state index in [-0.39, 0.29) is 18.7 Å². The van der Waals surface area contributed by atoms with E-state index in [4.69, 9.17) is 32.3 Å². The Bertz CT molecular complexity index is 852. The van der Waals surface area contributed by atoms with Crippen LogP contribution in [-0.4, -0.2) is 45.6 Å². The number of nitrogens with one attached hydrogen (secondary N) is 1. The SMILES string of the molecule is CC(C)(C)OC(=O)N[C@@H](Cc1ccc(O)cc1)C(=O)O.NC[C@H](O)c1cccc(Cl)c1. The van der Waals surface area contributed by atoms with Gasteiger partial charge >= 0.3 is 12.1 Å². The molecule has 9 heteroatoms. The molecule has 0 bridgehead atoms. The minimum absolute atomic E-state index is 0.0979. The number of hydrogen-bond donors (Lipinski definition) is 5. The largest absolute Gasteiger partial charge is 0.508 e. The molecule has 170 valence electrons. The first kappa shape index (κ1) is 26.2. The van der Waals surface area contributed by atoms with Gasteiger partial charge in [-0.25, -0.2) is 9.59 Å². The number of nitrogens with two attached hydrogens (primary N) is 1. The Morgan fingerprint density at radius 1 is 1.16 bits per heavy atom. The summed E-state index contributed by atoms with van der Waals surface area (Å²) in [6, 6.07) is 12.1. The minimum Gasteiger partial charge on any atom is -0.508 e. The summed E-state index contributed by atoms with van der Waals surface area (Å²) in [7, 11) is 0. The summed E-state index contributed by atoms with van der Waals surface area (Å²) in [5.74, 6) is -1.05. The molecule has 8 nitrogen and oxygen atoms in total. The molecule has 2 aromatic carbocycles. The number of rotatable bonds is 6. The second-order valence-electron chi connectivity index (χ2n) is 7.71. The standard InChI is InChI=1S/C14H19NO5.C8H10ClNO/c1-14(2,3)20-13(19)15-11(12(17)18)8-9-4-6-10(16)7-5-9;9-7-3-1-2-6(4-7)8(11)5-10/h4-7,11,16H,8H2,1-3H3,(H,15,19)(H,17,18);1-4,8,11H,5,10H2/t11-;8-/m00/s1. The zero-order valence-corrected chi connectivity index (χ0v) is 18.5. The Balaban J connectivity index is 0.000000367. The van der Waals surface area contributed by atoms with E-state index in [1.807, 2.05) is 0 Å². The van der Waals surface area contributed by atoms with Gasteiger partial charge in [0.05, 0.1) is 6.10 Å². The van der Waals surface area contributed by atoms with Crippen molar-refractivity contribution in [1.29, 1.82) is 0 Å². The zero-order chi connectivity index (χ0) is 23.6. The number of benzene rings is 2. The van der Waals surface area contributed by atoms with Crippen LogP contribution in [0.15, 0.2) is 48.5 Å². The number of carboxylic acid groups (broad SMARTS) is 1. The second-order valence-corrected chi connectivity index (χ2v) is 8.15. The van der Waals surface area contributed by atoms with Gasteiger partial charge in [-0.1, -0.05) is 35.9 Å². The van der Waals surface area contributed by atoms with Crippen molar-refractivity contribution in [2.45, 2.75) is 44.9 Å². The Hall–Kier alpha value is -2.81. The summed E-state index contributed by atoms with van der Waals surface area (Å²) >= 11 is 5.69. The lowest BCUT2D eigenvalue weighted by atomic mass is 10.1. The molecule has 6 N–H and O–H groups in total. The van der Waals surface area contributed by atoms with Crippen LogP contribution >= 0.6 is 11.6 Å². The fourth-order valence-electron chi connectivity index (χ4n) is 2.37. The van der Waals surface area contributed by atoms with Gasteiger partial charge in [-0.2, -0.15) is 0 Å². The molecular formula is C22H29ClN2O6. The summed E-state index contributed by atoms with van der Waals surface area (Å²) < 4.78 is 5.02. The molecule has 1 amide bonds. The van der Waals surface area contributed by atoms with Gasteiger partial charge in [0.25, 0.3) is 0 Å². The van der Waals surface area contributed by atoms with E-state index >= 15 is 0 Å². The molecule has 2 aromatic rings. The van der Waals surface area contributed by atoms with Crippen LogP contribution in [0.1, 0.15) is 38.0 Å². The molecule has 31 heavy (non-hydrogen) atoms. The highest BCUT2D eigenvalue weighted by molar-refractivity contribution is 6.30. The van der Waals surface area contributed by atoms with Crippen LogP contribution in [0, 0.1) is 0 Å². The number of alkyl carbamates (subject to hydrolysis) is 1. The van der Waals surface area contributed by atoms with Gasteiger partial charge in [-0.3, -0.25) is 0 Å². The van der Waals surface area contributed by atoms with Crippen molar-refractivity contribution in [1.82, 2.24) is 5.32 Å². The first-order valence-electron chi connectivity index (χ1n) is 9.55. The van der Waals surface area contributed by atoms with Crippen LogP contribution in [0.5, 0.6) is 5.75 Å². The van der Waals surface area contributed by atoms with Crippen LogP contribution in [-0.2, 0) is 16.0 Å². The normalized spacial score (nSPS) is 12.7. The van der Waals surface area contributed by atoms with Gasteiger partial charge in [0.15, 0.2) is 0 Å². The number of halogens is 1. The highest BCUT2D eigenvalue weighted by Crippen LogP contribution is 2.16. The fraction of sp³-hybridized carbons (Fsp3) is 0.364. The van der Waals surface area contributed by atoms with E-state index in [9.17, 15) is 14.7 Å². The molecule has 0 spiro atoms. The maximum Gasteiger partial charge on any atom is 0.408 e. The quantitative estimate of drug-likeness (QED) is 0.452. The molecule has 0 fully saturated rings. The maximum absolute atomic E-state index is 11.6. The third kappa shape index (κ3) is 10.7. The molecule has 0 saturated heterocycles. The number of amides is 1. The molecule has 2 atom stereocenters. The van der Waals surface area contributed by atoms with Crippen molar-refractivity contribution < 1.29 is 29.6 Å². The third-order valence-electron chi connectivity index (χ3n) is 3.82. The summed E-state index contributed by atoms with van der Waals surface area (Å²) in [5.41, 5.74) is 6.02. The molecule has 2 rings (SSSR count). The van der Waals surface area contributed by atoms with E-state index in [0.29, 0.717) is 10.6 Å². The van der Waals surface area contributed by atoms with Crippen LogP contribution in [0.25, 0.3) is 0 Å². The molecule has 0 unspecified atom stereocenters. The lowest BCUT2D eigenvalue weighted by molar-refractivity contribution is -0.139. The van der Waals surface area contributed by atoms with Gasteiger partial charge in [-0.05, 0) is 56.2 Å². The zero-order valence-electron chi connectivity index (χ0n) is 17.7. The number of carboxylic acids is 1. The van der Waals surface area contributed by atoms with Crippen molar-refractivity contribution in [3.8, 4) is 5.75 Å². The van der Waals surface area contributed by atoms with Gasteiger partial charge in [-0.15, -0.1) is 0 Å². The predicted octanol–water partition coefficient (Wildman–Crippen LogP) is 3.24. The number of carbonyl (C=O) groups excluding carboxylic acids is 1. The molecule has 0 aliphatic rings. The number of carbonyl (C=O) groups is 2. The van der Waals surface area contributed by atoms with Crippen molar-refractivity contribution in [3.05, 3.63) is 64.7 Å². The summed E-state index contributed by atoms with van der Waals surface area (Å²) in [6.07, 6.45) is -1.27. The number of phenolic OH excluding ortho intramolecular Hbond substituents is 1. The smallest absolute Gasteiger partial charge is 0.408 e. The first-order valence-corrected chi connectivity index (χ1v) is 9.93. The Labute approximate surface area is 186 Å². The van der Waals surface area contributed by atoms with Crippen molar-refractivity contribution in [2.24, 2.45) is 5.73 Å². The number of phenols is 1. The van der Waals surface area contributed by atoms with Crippen molar-refractivity contribution >= 4 is 23.7 Å². The Morgan fingerprint density at radius 3 is 2.26 bits per heavy atom. The van der Waals surface area contributed by atoms with E-state index in [1.165, 1.54) is 12.1 Å². The highest BCUT2D eigenvalue weighted by atomic mass is 35.5. The van der Waals surface area contributed by atoms with Gasteiger partial charge in [0, 0.05) is 18.0 Å². The van der Waals surface area contributed by atoms with Crippen molar-refractivity contribution in [3.63, 3.8) is 0 Å². The molecular weight excluding hydrogens is 424 g/mol. The van der Waals surface area contributed by atoms with E-state index < -0.39 is 29.8 Å². The van der Waals surface area contributed by atoms with E-state index in [2.05, 4.69) is 5.32 Å². The van der Waals surface area contributed by atoms with Crippen LogP contribution in [0.2, 0.25) is 5.02 Å². The molecule has 0 saturated carbocycles. The third-order valence-corrected chi connectivity index (χ3v) is 4.06. The monoisotopic (exact) mass is 452 g/mol. The van der Waals surface area contributed by atoms with Crippen LogP contribution in [0.4, 0.5) is 4.79 Å². The maximum atomic E-state index is 11.6. The molecule has 0 radical (unpaired) electrons. The number of ether oxygens (including phenoxy) is 1. The van der Waals surface area contributed by atoms with Gasteiger partial charge in [0.2, 0.25) is 0 Å². The summed E-state index contributed by atoms with van der Waals surface area (Å²) in [6.45, 7) is 5.31. The summed E-state index contributed by atoms with van der Waals surface area (Å²) in [4.78, 5) is 22.7. The lowest BCUT2D eigenvalue weighted by Crippen LogP contribution is -2.44. The summed E-state index contributed by atoms with van der Waals surface area (Å²) in [5, 5.41) is 30.5. The van der Waals surface area contributed by atoms with Gasteiger partial charge in [0.1, 0.15) is 17.4 Å². The highest BCUT2D eigenvalue weighted by Gasteiger charge is 2.24. The average Bonchev–Trinajstić information content (AvgIpc) is 2.67. The molecule has 0 heterocycles. The lowest BCUT2D eigenvalue weighted by Gasteiger charge is -2.22. The topological polar surface area (TPSA) is 142 Å². The number of aliphatic hydroxyl groups excluding tert-OH is 1. The second kappa shape index (κ2) is 12.1. The molecule has 0 aliphatic heterocycles. The Morgan fingerprint density at radius 2 is 1.77 bits per heavy atom. The molecule has 0 aliphatic carbocycles. The fourth-order valence-corrected chi connectivity index (χ4v) is 2.57. The number of aliphatic hydroxyl groups is 1. The molecule has 0 aromatic heterocycles. The Kier molecular flexibility index (Phi) is 10.3. The van der Waals surface area contributed by atoms with E-state index in [1.54, 1.807) is 57.2 Å². The van der Waals surface area contributed by atoms with Crippen LogP contribution < -0.4 is 11.1 Å². The number of aliphatic carboxylic acids is 1. The number of hydrogen-bond acceptors (Lipinski definition) is 6. The number of aromatic hydroxyl groups is 1. The van der Waals surface area contributed by atoms with Gasteiger partial charge < -0.3 is 31.1 Å².